The van der Waals surface area contributed by atoms with Crippen molar-refractivity contribution in [1.82, 2.24) is 4.90 Å². The molecule has 2 aromatic carbocycles. The van der Waals surface area contributed by atoms with Crippen molar-refractivity contribution in [2.75, 3.05) is 31.9 Å². The number of morpholine rings is 1. The van der Waals surface area contributed by atoms with Crippen molar-refractivity contribution in [1.29, 1.82) is 0 Å². The third-order valence-corrected chi connectivity index (χ3v) is 9.97. The molecule has 4 N–H and O–H groups in total. The summed E-state index contributed by atoms with van der Waals surface area (Å²) in [4.78, 5) is 50.6. The molecule has 2 heterocycles. The molecule has 1 aromatic heterocycles. The van der Waals surface area contributed by atoms with Crippen molar-refractivity contribution >= 4 is 51.3 Å². The molecule has 1 amide bonds. The smallest absolute Gasteiger partial charge is 0.413 e. The van der Waals surface area contributed by atoms with Crippen LogP contribution in [-0.2, 0) is 55.6 Å². The number of carbonyl (C=O) groups is 4. The molecule has 1 aliphatic heterocycles. The number of hydrogen-bond donors (Lipinski definition) is 3. The third kappa shape index (κ3) is 12.1. The molecule has 1 aliphatic rings. The summed E-state index contributed by atoms with van der Waals surface area (Å²) >= 11 is 6.11. The van der Waals surface area contributed by atoms with Gasteiger partial charge in [-0.25, -0.2) is 31.9 Å². The number of carbonyl (C=O) groups excluding carboxylic acids is 4. The van der Waals surface area contributed by atoms with Gasteiger partial charge in [0.05, 0.1) is 73.8 Å². The van der Waals surface area contributed by atoms with Gasteiger partial charge in [0, 0.05) is 11.6 Å². The Kier molecular flexibility index (Phi) is 15.6. The van der Waals surface area contributed by atoms with E-state index >= 15 is 0 Å². The molecule has 0 unspecified atom stereocenters. The fraction of sp³-hybridized carbons (Fsp3) is 0.444. The van der Waals surface area contributed by atoms with Crippen LogP contribution >= 0.6 is 11.6 Å². The van der Waals surface area contributed by atoms with E-state index in [9.17, 15) is 41.5 Å². The maximum atomic E-state index is 13.8. The summed E-state index contributed by atoms with van der Waals surface area (Å²) in [5.41, 5.74) is -0.110. The van der Waals surface area contributed by atoms with E-state index in [1.54, 1.807) is 19.1 Å². The Labute approximate surface area is 326 Å². The zero-order valence-corrected chi connectivity index (χ0v) is 32.0. The molecule has 3 aromatic rings. The zero-order chi connectivity index (χ0) is 41.0. The highest BCUT2D eigenvalue weighted by Crippen LogP contribution is 2.36. The number of nitrogens with two attached hydrogens (primary N) is 1. The fourth-order valence-electron chi connectivity index (χ4n) is 5.68. The average molecular weight is 830 g/mol. The number of sulfonamides is 1. The first-order valence-electron chi connectivity index (χ1n) is 17.4. The van der Waals surface area contributed by atoms with Crippen LogP contribution in [0.25, 0.3) is 0 Å². The van der Waals surface area contributed by atoms with Crippen LogP contribution in [0, 0.1) is 11.6 Å². The standard InChI is InChI=1S/C36H42ClF2N3O13S/c1-22-20-55-36(47,24-14-25(38)16-26(39)15-24)23(2)42(22)35(46)54-21-53-33(44)10-9-32(43)51-11-5-3-4-6-12-52-34(45)28-17-31(56(40,48)49)29(37)18-30(28)41-19-27-8-7-13-50-27/h7-8,13-18,22-23,41,47H,3-6,9-12,19-21H2,1-2H3,(H2,40,48,49)/t22-,23-,36+/m1/s1. The normalized spacial score (nSPS) is 18.2. The maximum Gasteiger partial charge on any atom is 0.413 e. The Bertz CT molecular complexity index is 1950. The number of hydrogen-bond acceptors (Lipinski definition) is 14. The Morgan fingerprint density at radius 1 is 0.964 bits per heavy atom. The van der Waals surface area contributed by atoms with Gasteiger partial charge in [0.2, 0.25) is 22.6 Å². The average Bonchev–Trinajstić information content (AvgIpc) is 3.65. The molecule has 1 saturated heterocycles. The molecule has 56 heavy (non-hydrogen) atoms. The van der Waals surface area contributed by atoms with Crippen molar-refractivity contribution in [3.05, 3.63) is 82.3 Å². The number of benzene rings is 2. The van der Waals surface area contributed by atoms with E-state index in [1.807, 2.05) is 0 Å². The predicted octanol–water partition coefficient (Wildman–Crippen LogP) is 5.10. The number of primary sulfonamides is 1. The van der Waals surface area contributed by atoms with E-state index in [-0.39, 0.29) is 61.0 Å². The number of esters is 3. The van der Waals surface area contributed by atoms with E-state index in [4.69, 9.17) is 44.8 Å². The summed E-state index contributed by atoms with van der Waals surface area (Å²) in [5.74, 6) is -5.90. The van der Waals surface area contributed by atoms with Crippen LogP contribution in [0.15, 0.2) is 58.0 Å². The molecular weight excluding hydrogens is 788 g/mol. The van der Waals surface area contributed by atoms with Crippen molar-refractivity contribution in [2.45, 2.75) is 81.7 Å². The lowest BCUT2D eigenvalue weighted by atomic mass is 9.94. The highest BCUT2D eigenvalue weighted by molar-refractivity contribution is 7.89. The van der Waals surface area contributed by atoms with Crippen LogP contribution in [0.2, 0.25) is 5.02 Å². The molecule has 1 fully saturated rings. The number of halogens is 3. The number of anilines is 1. The highest BCUT2D eigenvalue weighted by Gasteiger charge is 2.49. The van der Waals surface area contributed by atoms with Crippen molar-refractivity contribution in [2.24, 2.45) is 5.14 Å². The van der Waals surface area contributed by atoms with Crippen LogP contribution in [0.1, 0.15) is 74.1 Å². The highest BCUT2D eigenvalue weighted by atomic mass is 35.5. The number of amides is 1. The third-order valence-electron chi connectivity index (χ3n) is 8.59. The largest absolute Gasteiger partial charge is 0.467 e. The Hall–Kier alpha value is -4.82. The lowest BCUT2D eigenvalue weighted by molar-refractivity contribution is -0.280. The van der Waals surface area contributed by atoms with E-state index in [0.29, 0.717) is 37.5 Å². The van der Waals surface area contributed by atoms with Crippen LogP contribution in [0.5, 0.6) is 0 Å². The van der Waals surface area contributed by atoms with Gasteiger partial charge >= 0.3 is 24.0 Å². The second kappa shape index (κ2) is 19.9. The minimum Gasteiger partial charge on any atom is -0.467 e. The van der Waals surface area contributed by atoms with Crippen LogP contribution in [-0.4, -0.2) is 81.1 Å². The summed E-state index contributed by atoms with van der Waals surface area (Å²) in [5, 5.41) is 19.2. The van der Waals surface area contributed by atoms with Gasteiger partial charge in [-0.15, -0.1) is 0 Å². The van der Waals surface area contributed by atoms with E-state index in [0.717, 1.165) is 23.1 Å². The van der Waals surface area contributed by atoms with Gasteiger partial charge in [0.1, 0.15) is 22.3 Å². The first kappa shape index (κ1) is 43.9. The van der Waals surface area contributed by atoms with Gasteiger partial charge in [0.15, 0.2) is 0 Å². The molecule has 0 bridgehead atoms. The van der Waals surface area contributed by atoms with Crippen molar-refractivity contribution < 1.29 is 69.6 Å². The summed E-state index contributed by atoms with van der Waals surface area (Å²) in [6.07, 6.45) is 1.99. The van der Waals surface area contributed by atoms with Gasteiger partial charge in [-0.05, 0) is 75.9 Å². The number of unbranched alkanes of at least 4 members (excludes halogenated alkanes) is 3. The molecule has 306 valence electrons. The fourth-order valence-corrected chi connectivity index (χ4v) is 6.78. The molecular formula is C36H42ClF2N3O13S. The molecule has 0 spiro atoms. The number of nitrogens with one attached hydrogen (secondary N) is 1. The Morgan fingerprint density at radius 3 is 2.23 bits per heavy atom. The molecule has 0 aliphatic carbocycles. The zero-order valence-electron chi connectivity index (χ0n) is 30.5. The number of rotatable bonds is 18. The topological polar surface area (TPSA) is 223 Å². The number of ether oxygens (including phenoxy) is 5. The monoisotopic (exact) mass is 829 g/mol. The molecule has 16 nitrogen and oxygen atoms in total. The Morgan fingerprint density at radius 2 is 1.61 bits per heavy atom. The van der Waals surface area contributed by atoms with E-state index in [1.165, 1.54) is 19.3 Å². The minimum atomic E-state index is -4.23. The lowest BCUT2D eigenvalue weighted by Crippen LogP contribution is -2.62. The van der Waals surface area contributed by atoms with Gasteiger partial charge in [-0.2, -0.15) is 0 Å². The molecule has 20 heteroatoms. The summed E-state index contributed by atoms with van der Waals surface area (Å²) in [7, 11) is -4.23. The molecule has 0 saturated carbocycles. The first-order chi connectivity index (χ1) is 26.5. The predicted molar refractivity (Wildman–Crippen MR) is 192 cm³/mol. The lowest BCUT2D eigenvalue weighted by Gasteiger charge is -2.47. The van der Waals surface area contributed by atoms with E-state index < -0.39 is 75.2 Å². The van der Waals surface area contributed by atoms with Crippen molar-refractivity contribution in [3.8, 4) is 0 Å². The first-order valence-corrected chi connectivity index (χ1v) is 19.3. The van der Waals surface area contributed by atoms with Crippen LogP contribution in [0.4, 0.5) is 19.3 Å². The molecule has 0 radical (unpaired) electrons. The minimum absolute atomic E-state index is 0.0177. The Balaban J connectivity index is 1.10. The van der Waals surface area contributed by atoms with Crippen LogP contribution < -0.4 is 10.5 Å². The second-order valence-electron chi connectivity index (χ2n) is 12.7. The van der Waals surface area contributed by atoms with Crippen molar-refractivity contribution in [3.63, 3.8) is 0 Å². The molecule has 4 rings (SSSR count). The number of aliphatic hydroxyl groups is 1. The number of nitrogens with zero attached hydrogens (tertiary/aromatic N) is 1. The quantitative estimate of drug-likeness (QED) is 0.0657. The summed E-state index contributed by atoms with van der Waals surface area (Å²) < 4.78 is 82.7. The SMILES string of the molecule is C[C@@H]1CO[C@](O)(c2cc(F)cc(F)c2)[C@@H](C)N1C(=O)OCOC(=O)CCC(=O)OCCCCCCOC(=O)c1cc(S(N)(=O)=O)c(Cl)cc1NCc1ccco1. The van der Waals surface area contributed by atoms with Gasteiger partial charge in [0.25, 0.3) is 0 Å². The summed E-state index contributed by atoms with van der Waals surface area (Å²) in [6, 6.07) is 6.32. The van der Waals surface area contributed by atoms with Gasteiger partial charge in [-0.1, -0.05) is 11.6 Å². The number of furan rings is 1. The van der Waals surface area contributed by atoms with Crippen LogP contribution in [0.3, 0.4) is 0 Å². The maximum absolute atomic E-state index is 13.8. The van der Waals surface area contributed by atoms with Gasteiger partial charge < -0.3 is 38.5 Å². The van der Waals surface area contributed by atoms with Gasteiger partial charge in [-0.3, -0.25) is 14.5 Å². The summed E-state index contributed by atoms with van der Waals surface area (Å²) in [6.45, 7) is 2.27. The second-order valence-corrected chi connectivity index (χ2v) is 14.7. The molecule has 3 atom stereocenters. The van der Waals surface area contributed by atoms with E-state index in [2.05, 4.69) is 5.32 Å².